The van der Waals surface area contributed by atoms with Crippen molar-refractivity contribution in [2.75, 3.05) is 13.1 Å². The summed E-state index contributed by atoms with van der Waals surface area (Å²) in [6.45, 7) is 3.50. The van der Waals surface area contributed by atoms with Gasteiger partial charge in [0.15, 0.2) is 0 Å². The van der Waals surface area contributed by atoms with Crippen LogP contribution in [-0.4, -0.2) is 32.5 Å². The van der Waals surface area contributed by atoms with Gasteiger partial charge in [0.05, 0.1) is 4.90 Å². The second-order valence-electron chi connectivity index (χ2n) is 7.40. The lowest BCUT2D eigenvalue weighted by atomic mass is 9.87. The fourth-order valence-electron chi connectivity index (χ4n) is 3.70. The summed E-state index contributed by atoms with van der Waals surface area (Å²) in [7, 11) is -3.52. The molecule has 0 spiro atoms. The third-order valence-electron chi connectivity index (χ3n) is 5.18. The molecule has 0 unspecified atom stereocenters. The van der Waals surface area contributed by atoms with Crippen molar-refractivity contribution in [3.05, 3.63) is 36.7 Å². The van der Waals surface area contributed by atoms with E-state index >= 15 is 0 Å². The quantitative estimate of drug-likeness (QED) is 0.693. The van der Waals surface area contributed by atoms with Crippen molar-refractivity contribution >= 4 is 20.8 Å². The van der Waals surface area contributed by atoms with Gasteiger partial charge in [-0.15, -0.1) is 0 Å². The highest BCUT2D eigenvalue weighted by molar-refractivity contribution is 7.89. The number of hydrogen-bond acceptors (Lipinski definition) is 4. The molecular formula is C20H29N3O2S. The molecule has 1 saturated carbocycles. The first-order valence-electron chi connectivity index (χ1n) is 9.61. The molecule has 1 atom stereocenters. The van der Waals surface area contributed by atoms with Crippen molar-refractivity contribution in [3.63, 3.8) is 0 Å². The number of aromatic nitrogens is 1. The number of sulfonamides is 1. The van der Waals surface area contributed by atoms with E-state index in [-0.39, 0.29) is 6.04 Å². The maximum Gasteiger partial charge on any atom is 0.240 e. The molecule has 5 nitrogen and oxygen atoms in total. The van der Waals surface area contributed by atoms with Gasteiger partial charge in [-0.25, -0.2) is 13.1 Å². The molecule has 142 valence electrons. The average Bonchev–Trinajstić information content (AvgIpc) is 2.65. The normalized spacial score (nSPS) is 17.4. The molecule has 0 bridgehead atoms. The highest BCUT2D eigenvalue weighted by Crippen LogP contribution is 2.25. The van der Waals surface area contributed by atoms with Crippen LogP contribution in [0, 0.1) is 5.92 Å². The summed E-state index contributed by atoms with van der Waals surface area (Å²) in [4.78, 5) is 4.35. The van der Waals surface area contributed by atoms with Gasteiger partial charge in [-0.05, 0) is 49.4 Å². The molecule has 2 N–H and O–H groups in total. The average molecular weight is 376 g/mol. The Balaban J connectivity index is 1.49. The van der Waals surface area contributed by atoms with Gasteiger partial charge in [0.25, 0.3) is 0 Å². The van der Waals surface area contributed by atoms with Gasteiger partial charge < -0.3 is 5.32 Å². The van der Waals surface area contributed by atoms with Crippen LogP contribution in [-0.2, 0) is 10.0 Å². The molecule has 1 heterocycles. The lowest BCUT2D eigenvalue weighted by molar-refractivity contribution is 0.332. The Morgan fingerprint density at radius 3 is 2.77 bits per heavy atom. The maximum atomic E-state index is 12.6. The van der Waals surface area contributed by atoms with Gasteiger partial charge in [-0.2, -0.15) is 0 Å². The number of fused-ring (bicyclic) bond motifs is 1. The molecule has 3 rings (SSSR count). The first kappa shape index (κ1) is 19.3. The summed E-state index contributed by atoms with van der Waals surface area (Å²) in [6, 6.07) is 6.80. The van der Waals surface area contributed by atoms with Crippen LogP contribution in [0.2, 0.25) is 0 Å². The third-order valence-corrected chi connectivity index (χ3v) is 6.77. The van der Waals surface area contributed by atoms with E-state index in [2.05, 4.69) is 15.0 Å². The summed E-state index contributed by atoms with van der Waals surface area (Å²) in [6.07, 6.45) is 11.4. The minimum absolute atomic E-state index is 0.153. The lowest BCUT2D eigenvalue weighted by Crippen LogP contribution is -2.40. The lowest BCUT2D eigenvalue weighted by Gasteiger charge is -2.22. The summed E-state index contributed by atoms with van der Waals surface area (Å²) in [5.41, 5.74) is 0. The predicted molar refractivity (Wildman–Crippen MR) is 106 cm³/mol. The van der Waals surface area contributed by atoms with E-state index in [4.69, 9.17) is 0 Å². The SMILES string of the molecule is C[C@H](CNCCC1CCCCC1)NS(=O)(=O)c1ccc2cnccc2c1. The fraction of sp³-hybridized carbons (Fsp3) is 0.550. The molecule has 2 aromatic rings. The minimum Gasteiger partial charge on any atom is -0.315 e. The minimum atomic E-state index is -3.52. The Bertz CT molecular complexity index is 817. The molecular weight excluding hydrogens is 346 g/mol. The monoisotopic (exact) mass is 375 g/mol. The second kappa shape index (κ2) is 8.93. The molecule has 1 fully saturated rings. The second-order valence-corrected chi connectivity index (χ2v) is 9.12. The number of rotatable bonds is 8. The van der Waals surface area contributed by atoms with Crippen LogP contribution in [0.25, 0.3) is 10.8 Å². The molecule has 1 aromatic carbocycles. The largest absolute Gasteiger partial charge is 0.315 e. The summed E-state index contributed by atoms with van der Waals surface area (Å²) < 4.78 is 28.0. The standard InChI is InChI=1S/C20H29N3O2S/c1-16(14-21-11-9-17-5-3-2-4-6-17)23-26(24,25)20-8-7-19-15-22-12-10-18(19)13-20/h7-8,10,12-13,15-17,21,23H,2-6,9,11,14H2,1H3/t16-/m1/s1. The van der Waals surface area contributed by atoms with Crippen molar-refractivity contribution in [3.8, 4) is 0 Å². The van der Waals surface area contributed by atoms with E-state index in [9.17, 15) is 8.42 Å². The Morgan fingerprint density at radius 1 is 1.15 bits per heavy atom. The van der Waals surface area contributed by atoms with E-state index in [0.29, 0.717) is 11.4 Å². The fourth-order valence-corrected chi connectivity index (χ4v) is 4.98. The van der Waals surface area contributed by atoms with Crippen LogP contribution in [0.4, 0.5) is 0 Å². The van der Waals surface area contributed by atoms with Gasteiger partial charge in [-0.1, -0.05) is 38.2 Å². The smallest absolute Gasteiger partial charge is 0.240 e. The number of nitrogens with one attached hydrogen (secondary N) is 2. The van der Waals surface area contributed by atoms with Crippen molar-refractivity contribution in [1.29, 1.82) is 0 Å². The van der Waals surface area contributed by atoms with Crippen LogP contribution >= 0.6 is 0 Å². The first-order chi connectivity index (χ1) is 12.5. The Morgan fingerprint density at radius 2 is 1.96 bits per heavy atom. The zero-order chi connectivity index (χ0) is 18.4. The highest BCUT2D eigenvalue weighted by Gasteiger charge is 2.18. The molecule has 1 aliphatic rings. The molecule has 0 aliphatic heterocycles. The van der Waals surface area contributed by atoms with Gasteiger partial charge in [-0.3, -0.25) is 4.98 Å². The number of benzene rings is 1. The Labute approximate surface area is 156 Å². The van der Waals surface area contributed by atoms with Crippen LogP contribution < -0.4 is 10.0 Å². The molecule has 6 heteroatoms. The summed E-state index contributed by atoms with van der Waals surface area (Å²) in [5, 5.41) is 5.21. The molecule has 1 aliphatic carbocycles. The number of hydrogen-bond donors (Lipinski definition) is 2. The number of nitrogens with zero attached hydrogens (tertiary/aromatic N) is 1. The van der Waals surface area contributed by atoms with Crippen LogP contribution in [0.15, 0.2) is 41.6 Å². The van der Waals surface area contributed by atoms with E-state index in [1.54, 1.807) is 30.6 Å². The van der Waals surface area contributed by atoms with Crippen molar-refractivity contribution < 1.29 is 8.42 Å². The van der Waals surface area contributed by atoms with Crippen LogP contribution in [0.5, 0.6) is 0 Å². The van der Waals surface area contributed by atoms with E-state index in [1.165, 1.54) is 38.5 Å². The molecule has 26 heavy (non-hydrogen) atoms. The molecule has 0 radical (unpaired) electrons. The van der Waals surface area contributed by atoms with Crippen molar-refractivity contribution in [2.45, 2.75) is 56.4 Å². The molecule has 0 saturated heterocycles. The Hall–Kier alpha value is -1.50. The van der Waals surface area contributed by atoms with Crippen LogP contribution in [0.1, 0.15) is 45.4 Å². The topological polar surface area (TPSA) is 71.1 Å². The zero-order valence-electron chi connectivity index (χ0n) is 15.4. The third kappa shape index (κ3) is 5.25. The van der Waals surface area contributed by atoms with Gasteiger partial charge in [0.1, 0.15) is 0 Å². The maximum absolute atomic E-state index is 12.6. The summed E-state index contributed by atoms with van der Waals surface area (Å²) in [5.74, 6) is 0.843. The van der Waals surface area contributed by atoms with Crippen LogP contribution in [0.3, 0.4) is 0 Å². The molecule has 0 amide bonds. The summed E-state index contributed by atoms with van der Waals surface area (Å²) >= 11 is 0. The predicted octanol–water partition coefficient (Wildman–Crippen LogP) is 3.46. The van der Waals surface area contributed by atoms with Crippen molar-refractivity contribution in [1.82, 2.24) is 15.0 Å². The zero-order valence-corrected chi connectivity index (χ0v) is 16.3. The molecule has 1 aromatic heterocycles. The van der Waals surface area contributed by atoms with E-state index in [1.807, 2.05) is 13.0 Å². The number of pyridine rings is 1. The van der Waals surface area contributed by atoms with E-state index < -0.39 is 10.0 Å². The Kier molecular flexibility index (Phi) is 6.62. The van der Waals surface area contributed by atoms with Gasteiger partial charge in [0, 0.05) is 30.4 Å². The van der Waals surface area contributed by atoms with E-state index in [0.717, 1.165) is 23.2 Å². The first-order valence-corrected chi connectivity index (χ1v) is 11.1. The van der Waals surface area contributed by atoms with Crippen molar-refractivity contribution in [2.24, 2.45) is 5.92 Å². The van der Waals surface area contributed by atoms with Gasteiger partial charge >= 0.3 is 0 Å². The van der Waals surface area contributed by atoms with Gasteiger partial charge in [0.2, 0.25) is 10.0 Å². The highest BCUT2D eigenvalue weighted by atomic mass is 32.2.